The zero-order chi connectivity index (χ0) is 21.9. The van der Waals surface area contributed by atoms with E-state index in [4.69, 9.17) is 0 Å². The first kappa shape index (κ1) is 21.9. The van der Waals surface area contributed by atoms with Crippen LogP contribution in [0, 0.1) is 11.8 Å². The second kappa shape index (κ2) is 8.95. The van der Waals surface area contributed by atoms with Gasteiger partial charge in [-0.15, -0.1) is 0 Å². The minimum atomic E-state index is -1.17. The van der Waals surface area contributed by atoms with Crippen molar-refractivity contribution >= 4 is 17.5 Å². The maximum atomic E-state index is 12.9. The summed E-state index contributed by atoms with van der Waals surface area (Å²) < 4.78 is 0. The quantitative estimate of drug-likeness (QED) is 0.707. The average molecular weight is 406 g/mol. The zero-order valence-corrected chi connectivity index (χ0v) is 18.3. The summed E-state index contributed by atoms with van der Waals surface area (Å²) in [5, 5.41) is 2.74. The van der Waals surface area contributed by atoms with Crippen LogP contribution >= 0.6 is 0 Å². The van der Waals surface area contributed by atoms with Gasteiger partial charge in [0.15, 0.2) is 17.5 Å². The number of hydrogen-bond donors (Lipinski definition) is 1. The molecule has 1 amide bonds. The zero-order valence-electron chi connectivity index (χ0n) is 18.3. The average Bonchev–Trinajstić information content (AvgIpc) is 2.99. The van der Waals surface area contributed by atoms with Crippen LogP contribution in [0.5, 0.6) is 0 Å². The van der Waals surface area contributed by atoms with Crippen molar-refractivity contribution in [3.63, 3.8) is 0 Å². The fourth-order valence-electron chi connectivity index (χ4n) is 3.98. The van der Waals surface area contributed by atoms with Crippen molar-refractivity contribution in [2.24, 2.45) is 11.8 Å². The van der Waals surface area contributed by atoms with Gasteiger partial charge in [-0.1, -0.05) is 82.3 Å². The first-order chi connectivity index (χ1) is 14.2. The number of ketones is 2. The molecule has 0 saturated carbocycles. The van der Waals surface area contributed by atoms with E-state index < -0.39 is 23.8 Å². The minimum Gasteiger partial charge on any atom is -0.345 e. The van der Waals surface area contributed by atoms with Gasteiger partial charge in [0, 0.05) is 5.92 Å². The Kier molecular flexibility index (Phi) is 6.55. The summed E-state index contributed by atoms with van der Waals surface area (Å²) >= 11 is 0. The van der Waals surface area contributed by atoms with Gasteiger partial charge >= 0.3 is 0 Å². The molecule has 158 valence electrons. The van der Waals surface area contributed by atoms with Crippen LogP contribution in [0.2, 0.25) is 0 Å². The molecular weight excluding hydrogens is 374 g/mol. The Bertz CT molecular complexity index is 910. The highest BCUT2D eigenvalue weighted by Gasteiger charge is 2.46. The number of carbonyl (C=O) groups excluding carboxylic acids is 3. The molecule has 1 saturated heterocycles. The molecule has 1 aliphatic rings. The summed E-state index contributed by atoms with van der Waals surface area (Å²) in [6.07, 6.45) is 1.73. The van der Waals surface area contributed by atoms with Gasteiger partial charge in [-0.3, -0.25) is 14.4 Å². The molecule has 0 radical (unpaired) electrons. The lowest BCUT2D eigenvalue weighted by Crippen LogP contribution is -2.33. The summed E-state index contributed by atoms with van der Waals surface area (Å²) in [7, 11) is 0. The number of hydrogen-bond acceptors (Lipinski definition) is 3. The summed E-state index contributed by atoms with van der Waals surface area (Å²) in [5.74, 6) is -2.57. The van der Waals surface area contributed by atoms with Gasteiger partial charge < -0.3 is 5.32 Å². The molecule has 2 aromatic carbocycles. The second-order valence-electron chi connectivity index (χ2n) is 9.38. The first-order valence-corrected chi connectivity index (χ1v) is 10.7. The van der Waals surface area contributed by atoms with E-state index in [1.165, 1.54) is 5.56 Å². The van der Waals surface area contributed by atoms with Gasteiger partial charge in [0.1, 0.15) is 0 Å². The number of rotatable bonds is 7. The maximum absolute atomic E-state index is 12.9. The SMILES string of the molecule is CC(Cc1ccc(C(C)(C)C)cc1)C(=O)C1C(=O)NC(CCc2ccccc2)C1=O. The Balaban J connectivity index is 1.61. The van der Waals surface area contributed by atoms with Crippen molar-refractivity contribution in [1.29, 1.82) is 0 Å². The summed E-state index contributed by atoms with van der Waals surface area (Å²) in [4.78, 5) is 38.1. The van der Waals surface area contributed by atoms with E-state index in [2.05, 4.69) is 38.2 Å². The van der Waals surface area contributed by atoms with E-state index in [1.807, 2.05) is 42.5 Å². The van der Waals surface area contributed by atoms with Crippen molar-refractivity contribution in [2.75, 3.05) is 0 Å². The van der Waals surface area contributed by atoms with Crippen molar-refractivity contribution in [2.45, 2.75) is 58.4 Å². The Morgan fingerprint density at radius 2 is 1.60 bits per heavy atom. The van der Waals surface area contributed by atoms with E-state index in [1.54, 1.807) is 6.92 Å². The monoisotopic (exact) mass is 405 g/mol. The predicted octanol–water partition coefficient (Wildman–Crippen LogP) is 4.05. The Labute approximate surface area is 179 Å². The second-order valence-corrected chi connectivity index (χ2v) is 9.38. The Morgan fingerprint density at radius 1 is 0.967 bits per heavy atom. The number of aryl methyl sites for hydroxylation is 1. The molecule has 4 nitrogen and oxygen atoms in total. The molecule has 3 rings (SSSR count). The topological polar surface area (TPSA) is 63.2 Å². The smallest absolute Gasteiger partial charge is 0.238 e. The molecule has 3 unspecified atom stereocenters. The van der Waals surface area contributed by atoms with E-state index in [-0.39, 0.29) is 17.0 Å². The lowest BCUT2D eigenvalue weighted by Gasteiger charge is -2.19. The van der Waals surface area contributed by atoms with E-state index in [0.29, 0.717) is 19.3 Å². The molecule has 0 spiro atoms. The highest BCUT2D eigenvalue weighted by atomic mass is 16.2. The van der Waals surface area contributed by atoms with E-state index >= 15 is 0 Å². The van der Waals surface area contributed by atoms with Crippen LogP contribution in [0.3, 0.4) is 0 Å². The normalized spacial score (nSPS) is 20.1. The number of amides is 1. The van der Waals surface area contributed by atoms with Gasteiger partial charge in [-0.05, 0) is 41.4 Å². The fourth-order valence-corrected chi connectivity index (χ4v) is 3.98. The molecule has 30 heavy (non-hydrogen) atoms. The third-order valence-corrected chi connectivity index (χ3v) is 5.90. The van der Waals surface area contributed by atoms with Crippen LogP contribution in [-0.4, -0.2) is 23.5 Å². The fraction of sp³-hybridized carbons (Fsp3) is 0.423. The molecule has 1 heterocycles. The van der Waals surface area contributed by atoms with Gasteiger partial charge in [0.25, 0.3) is 0 Å². The molecule has 0 bridgehead atoms. The maximum Gasteiger partial charge on any atom is 0.238 e. The van der Waals surface area contributed by atoms with Gasteiger partial charge in [0.05, 0.1) is 6.04 Å². The number of Topliss-reactive ketones (excluding diaryl/α,β-unsaturated/α-hetero) is 2. The van der Waals surface area contributed by atoms with E-state index in [0.717, 1.165) is 11.1 Å². The minimum absolute atomic E-state index is 0.0725. The lowest BCUT2D eigenvalue weighted by molar-refractivity contribution is -0.138. The van der Waals surface area contributed by atoms with Crippen LogP contribution in [-0.2, 0) is 32.6 Å². The number of carbonyl (C=O) groups is 3. The van der Waals surface area contributed by atoms with Gasteiger partial charge in [-0.25, -0.2) is 0 Å². The molecule has 1 aliphatic heterocycles. The van der Waals surface area contributed by atoms with Crippen LogP contribution in [0.4, 0.5) is 0 Å². The number of benzene rings is 2. The number of nitrogens with one attached hydrogen (secondary N) is 1. The van der Waals surface area contributed by atoms with Crippen molar-refractivity contribution in [3.05, 3.63) is 71.3 Å². The largest absolute Gasteiger partial charge is 0.345 e. The molecule has 2 aromatic rings. The lowest BCUT2D eigenvalue weighted by atomic mass is 9.84. The van der Waals surface area contributed by atoms with Gasteiger partial charge in [-0.2, -0.15) is 0 Å². The highest BCUT2D eigenvalue weighted by Crippen LogP contribution is 2.25. The third-order valence-electron chi connectivity index (χ3n) is 5.90. The molecular formula is C26H31NO3. The van der Waals surface area contributed by atoms with Crippen LogP contribution in [0.1, 0.15) is 50.8 Å². The molecule has 0 aromatic heterocycles. The summed E-state index contributed by atoms with van der Waals surface area (Å²) in [5.41, 5.74) is 3.46. The van der Waals surface area contributed by atoms with Crippen LogP contribution in [0.15, 0.2) is 54.6 Å². The Hall–Kier alpha value is -2.75. The molecule has 0 aliphatic carbocycles. The van der Waals surface area contributed by atoms with Crippen LogP contribution in [0.25, 0.3) is 0 Å². The van der Waals surface area contributed by atoms with E-state index in [9.17, 15) is 14.4 Å². The molecule has 1 N–H and O–H groups in total. The molecule has 3 atom stereocenters. The van der Waals surface area contributed by atoms with Crippen molar-refractivity contribution < 1.29 is 14.4 Å². The van der Waals surface area contributed by atoms with Crippen LogP contribution < -0.4 is 5.32 Å². The highest BCUT2D eigenvalue weighted by molar-refractivity contribution is 6.24. The standard InChI is InChI=1S/C26H31NO3/c1-17(16-19-10-13-20(14-11-19)26(2,3)4)23(28)22-24(29)21(27-25(22)30)15-12-18-8-6-5-7-9-18/h5-11,13-14,17,21-22H,12,15-16H2,1-4H3,(H,27,30). The predicted molar refractivity (Wildman–Crippen MR) is 118 cm³/mol. The summed E-state index contributed by atoms with van der Waals surface area (Å²) in [6.45, 7) is 8.28. The van der Waals surface area contributed by atoms with Gasteiger partial charge in [0.2, 0.25) is 5.91 Å². The van der Waals surface area contributed by atoms with Crippen molar-refractivity contribution in [3.8, 4) is 0 Å². The molecule has 1 fully saturated rings. The first-order valence-electron chi connectivity index (χ1n) is 10.7. The Morgan fingerprint density at radius 3 is 2.20 bits per heavy atom. The van der Waals surface area contributed by atoms with Crippen molar-refractivity contribution in [1.82, 2.24) is 5.32 Å². The molecule has 4 heteroatoms. The third kappa shape index (κ3) is 5.05. The summed E-state index contributed by atoms with van der Waals surface area (Å²) in [6, 6.07) is 17.5.